The fourth-order valence-corrected chi connectivity index (χ4v) is 3.21. The van der Waals surface area contributed by atoms with Crippen LogP contribution < -0.4 is 10.1 Å². The summed E-state index contributed by atoms with van der Waals surface area (Å²) in [5, 5.41) is 18.1. The first-order chi connectivity index (χ1) is 16.1. The van der Waals surface area contributed by atoms with E-state index in [1.807, 2.05) is 82.1 Å². The van der Waals surface area contributed by atoms with Crippen LogP contribution in [0.15, 0.2) is 30.3 Å². The Balaban J connectivity index is 0.000000603. The van der Waals surface area contributed by atoms with Crippen LogP contribution in [0.5, 0.6) is 5.75 Å². The Morgan fingerprint density at radius 2 is 1.74 bits per heavy atom. The van der Waals surface area contributed by atoms with Gasteiger partial charge in [-0.1, -0.05) is 12.1 Å². The average molecular weight is 503 g/mol. The van der Waals surface area contributed by atoms with Crippen LogP contribution in [0.1, 0.15) is 23.1 Å². The molecule has 2 aromatic rings. The Kier molecular flexibility index (Phi) is 12.5. The smallest absolute Gasteiger partial charge is 0.495 e. The second-order valence-corrected chi connectivity index (χ2v) is 7.19. The molecule has 1 atom stereocenters. The molecule has 0 bridgehead atoms. The number of carbonyl (C=O) groups excluding carboxylic acids is 1. The first kappa shape index (κ1) is 28.2. The number of para-hydroxylation sites is 2. The van der Waals surface area contributed by atoms with Gasteiger partial charge >= 0.3 is 23.0 Å². The van der Waals surface area contributed by atoms with Crippen molar-refractivity contribution in [3.63, 3.8) is 0 Å². The number of esters is 1. The van der Waals surface area contributed by atoms with Crippen molar-refractivity contribution in [2.75, 3.05) is 25.6 Å². The number of nitrogens with one attached hydrogen (secondary N) is 1. The summed E-state index contributed by atoms with van der Waals surface area (Å²) in [5.41, 5.74) is 1.76. The molecule has 34 heavy (non-hydrogen) atoms. The summed E-state index contributed by atoms with van der Waals surface area (Å²) in [6, 6.07) is 9.16. The van der Waals surface area contributed by atoms with Crippen molar-refractivity contribution in [3.05, 3.63) is 105 Å². The molecule has 178 valence electrons. The number of anilines is 1. The van der Waals surface area contributed by atoms with Crippen LogP contribution in [0.3, 0.4) is 0 Å². The number of aliphatic hydroxyl groups excluding tert-OH is 1. The van der Waals surface area contributed by atoms with Crippen molar-refractivity contribution in [2.24, 2.45) is 0 Å². The van der Waals surface area contributed by atoms with Crippen molar-refractivity contribution >= 4 is 11.7 Å². The monoisotopic (exact) mass is 503 g/mol. The van der Waals surface area contributed by atoms with Crippen molar-refractivity contribution in [1.82, 2.24) is 9.78 Å². The van der Waals surface area contributed by atoms with Gasteiger partial charge in [0, 0.05) is 12.5 Å². The Morgan fingerprint density at radius 3 is 2.35 bits per heavy atom. The van der Waals surface area contributed by atoms with Crippen LogP contribution in [0, 0.1) is 63.7 Å². The molecule has 2 saturated carbocycles. The molecule has 2 N–H and O–H groups in total. The predicted octanol–water partition coefficient (Wildman–Crippen LogP) is 3.31. The number of methoxy groups -OCH3 is 1. The van der Waals surface area contributed by atoms with E-state index in [0.717, 1.165) is 11.6 Å². The molecule has 2 fully saturated rings. The summed E-state index contributed by atoms with van der Waals surface area (Å²) < 4.78 is 11.9. The van der Waals surface area contributed by atoms with E-state index in [9.17, 15) is 9.90 Å². The van der Waals surface area contributed by atoms with Crippen molar-refractivity contribution in [3.8, 4) is 5.75 Å². The molecule has 2 aliphatic carbocycles. The van der Waals surface area contributed by atoms with Crippen LogP contribution in [-0.2, 0) is 28.4 Å². The summed E-state index contributed by atoms with van der Waals surface area (Å²) in [4.78, 5) is 12.3. The van der Waals surface area contributed by atoms with Gasteiger partial charge in [0.2, 0.25) is 0 Å². The van der Waals surface area contributed by atoms with Gasteiger partial charge in [-0.25, -0.2) is 4.79 Å². The number of aromatic nitrogens is 2. The Morgan fingerprint density at radius 1 is 1.09 bits per heavy atom. The SMILES string of the molecule is CCOC(=O)c1cc([C]2[CH][CH][CH][CH]2)nn1C[C@H](O)CNc1ccccc1OC.[CH]1[CH][CH][CH][CH]1.[Fe+2]. The van der Waals surface area contributed by atoms with E-state index < -0.39 is 12.1 Å². The number of benzene rings is 1. The second-order valence-electron chi connectivity index (χ2n) is 7.19. The van der Waals surface area contributed by atoms with E-state index in [-0.39, 0.29) is 36.8 Å². The Hall–Kier alpha value is -2.02. The van der Waals surface area contributed by atoms with Crippen LogP contribution in [-0.4, -0.2) is 47.2 Å². The molecule has 2 aliphatic rings. The van der Waals surface area contributed by atoms with Crippen LogP contribution in [0.2, 0.25) is 0 Å². The van der Waals surface area contributed by atoms with Gasteiger partial charge in [0.15, 0.2) is 0 Å². The van der Waals surface area contributed by atoms with Crippen molar-refractivity contribution < 1.29 is 36.4 Å². The summed E-state index contributed by atoms with van der Waals surface area (Å²) in [7, 11) is 1.59. The molecule has 1 aromatic carbocycles. The quantitative estimate of drug-likeness (QED) is 0.404. The number of ether oxygens (including phenoxy) is 2. The third kappa shape index (κ3) is 8.33. The minimum atomic E-state index is -0.773. The number of hydrogen-bond donors (Lipinski definition) is 2. The maximum Gasteiger partial charge on any atom is 2.00 e. The van der Waals surface area contributed by atoms with E-state index in [1.54, 1.807) is 20.1 Å². The van der Waals surface area contributed by atoms with Gasteiger partial charge in [0.25, 0.3) is 0 Å². The van der Waals surface area contributed by atoms with Gasteiger partial charge in [-0.05, 0) is 82.9 Å². The molecule has 10 radical (unpaired) electrons. The molecule has 8 heteroatoms. The fourth-order valence-electron chi connectivity index (χ4n) is 3.21. The number of nitrogens with zero attached hydrogens (tertiary/aromatic N) is 2. The zero-order valence-electron chi connectivity index (χ0n) is 19.2. The largest absolute Gasteiger partial charge is 2.00 e. The van der Waals surface area contributed by atoms with Crippen LogP contribution in [0.4, 0.5) is 5.69 Å². The van der Waals surface area contributed by atoms with E-state index in [4.69, 9.17) is 9.47 Å². The summed E-state index contributed by atoms with van der Waals surface area (Å²) in [5.74, 6) is 1.14. The average Bonchev–Trinajstić information content (AvgIpc) is 3.61. The number of aliphatic hydroxyl groups is 1. The molecular formula is C26H29FeN3O4+2. The van der Waals surface area contributed by atoms with Crippen molar-refractivity contribution in [1.29, 1.82) is 0 Å². The van der Waals surface area contributed by atoms with E-state index in [2.05, 4.69) is 10.4 Å². The minimum absolute atomic E-state index is 0. The zero-order chi connectivity index (χ0) is 23.5. The molecule has 0 spiro atoms. The fraction of sp³-hybridized carbons (Fsp3) is 0.231. The predicted molar refractivity (Wildman–Crippen MR) is 127 cm³/mol. The molecule has 0 amide bonds. The standard InChI is InChI=1S/C21H24N3O4.C5H5.Fe/c1-3-28-21(26)19-12-18(15-8-4-5-9-15)23-24(19)14-16(25)13-22-17-10-6-7-11-20(17)27-2;1-2-4-5-3-1;/h4-12,16,22,25H,3,13-14H2,1-2H3;1-5H;/q;;+2/t16-;;/m1../s1. The number of rotatable bonds is 9. The molecule has 4 rings (SSSR count). The third-order valence-electron chi connectivity index (χ3n) is 4.80. The molecule has 0 unspecified atom stereocenters. The Bertz CT molecular complexity index is 856. The molecule has 0 aliphatic heterocycles. The zero-order valence-corrected chi connectivity index (χ0v) is 20.3. The molecular weight excluding hydrogens is 474 g/mol. The molecule has 1 heterocycles. The van der Waals surface area contributed by atoms with Crippen LogP contribution >= 0.6 is 0 Å². The summed E-state index contributed by atoms with van der Waals surface area (Å²) >= 11 is 0. The maximum atomic E-state index is 12.3. The maximum absolute atomic E-state index is 12.3. The van der Waals surface area contributed by atoms with Gasteiger partial charge in [-0.3, -0.25) is 4.68 Å². The van der Waals surface area contributed by atoms with Gasteiger partial charge < -0.3 is 19.9 Å². The molecule has 0 saturated heterocycles. The second kappa shape index (κ2) is 15.1. The number of hydrogen-bond acceptors (Lipinski definition) is 6. The van der Waals surface area contributed by atoms with Gasteiger partial charge in [-0.2, -0.15) is 5.10 Å². The summed E-state index contributed by atoms with van der Waals surface area (Å²) in [6.45, 7) is 2.45. The molecule has 7 nitrogen and oxygen atoms in total. The third-order valence-corrected chi connectivity index (χ3v) is 4.80. The van der Waals surface area contributed by atoms with Gasteiger partial charge in [-0.15, -0.1) is 0 Å². The topological polar surface area (TPSA) is 85.6 Å². The van der Waals surface area contributed by atoms with E-state index >= 15 is 0 Å². The summed E-state index contributed by atoms with van der Waals surface area (Å²) in [6.07, 6.45) is 16.9. The number of carbonyl (C=O) groups is 1. The first-order valence-corrected chi connectivity index (χ1v) is 10.8. The Labute approximate surface area is 214 Å². The van der Waals surface area contributed by atoms with Crippen LogP contribution in [0.25, 0.3) is 0 Å². The normalized spacial score (nSPS) is 16.2. The molecule has 1 aromatic heterocycles. The minimum Gasteiger partial charge on any atom is -0.495 e. The van der Waals surface area contributed by atoms with Gasteiger partial charge in [0.1, 0.15) is 11.4 Å². The van der Waals surface area contributed by atoms with Crippen molar-refractivity contribution in [2.45, 2.75) is 19.6 Å². The van der Waals surface area contributed by atoms with Gasteiger partial charge in [0.05, 0.1) is 37.7 Å². The van der Waals surface area contributed by atoms with E-state index in [0.29, 0.717) is 17.1 Å². The first-order valence-electron chi connectivity index (χ1n) is 10.8. The van der Waals surface area contributed by atoms with E-state index in [1.165, 1.54) is 4.68 Å².